The molecule has 1 heterocycles. The van der Waals surface area contributed by atoms with Crippen LogP contribution in [0.1, 0.15) is 45.9 Å². The summed E-state index contributed by atoms with van der Waals surface area (Å²) in [4.78, 5) is 27.9. The lowest BCUT2D eigenvalue weighted by Crippen LogP contribution is -2.52. The van der Waals surface area contributed by atoms with E-state index in [1.165, 1.54) is 0 Å². The molecule has 0 aliphatic carbocycles. The lowest BCUT2D eigenvalue weighted by Gasteiger charge is -2.27. The fourth-order valence-electron chi connectivity index (χ4n) is 1.86. The van der Waals surface area contributed by atoms with E-state index in [0.29, 0.717) is 0 Å². The lowest BCUT2D eigenvalue weighted by molar-refractivity contribution is -0.122. The van der Waals surface area contributed by atoms with Crippen molar-refractivity contribution >= 4 is 12.0 Å². The molecule has 0 unspecified atom stereocenters. The summed E-state index contributed by atoms with van der Waals surface area (Å²) in [6.07, 6.45) is 1.45. The van der Waals surface area contributed by atoms with Gasteiger partial charge in [-0.2, -0.15) is 0 Å². The molecule has 0 aliphatic rings. The first-order valence-electron chi connectivity index (χ1n) is 7.66. The number of rotatable bonds is 5. The van der Waals surface area contributed by atoms with E-state index in [0.717, 1.165) is 11.3 Å². The third-order valence-corrected chi connectivity index (χ3v) is 2.89. The van der Waals surface area contributed by atoms with Gasteiger partial charge in [0, 0.05) is 18.4 Å². The Hall–Kier alpha value is -2.11. The molecule has 1 aromatic rings. The summed E-state index contributed by atoms with van der Waals surface area (Å²) in [5.74, 6) is -0.119. The molecule has 0 saturated carbocycles. The van der Waals surface area contributed by atoms with Gasteiger partial charge in [0.05, 0.1) is 12.0 Å². The summed E-state index contributed by atoms with van der Waals surface area (Å²) in [5.41, 5.74) is 0.641. The van der Waals surface area contributed by atoms with E-state index in [2.05, 4.69) is 15.6 Å². The van der Waals surface area contributed by atoms with Crippen LogP contribution in [0, 0.1) is 6.92 Å². The largest absolute Gasteiger partial charge is 0.444 e. The van der Waals surface area contributed by atoms with Crippen LogP contribution in [0.15, 0.2) is 18.3 Å². The third-order valence-electron chi connectivity index (χ3n) is 2.89. The molecule has 0 saturated heterocycles. The van der Waals surface area contributed by atoms with Crippen molar-refractivity contribution in [3.63, 3.8) is 0 Å². The van der Waals surface area contributed by atoms with Gasteiger partial charge < -0.3 is 15.4 Å². The number of aryl methyl sites for hydroxylation is 1. The highest BCUT2D eigenvalue weighted by molar-refractivity contribution is 5.79. The van der Waals surface area contributed by atoms with Crippen LogP contribution < -0.4 is 10.6 Å². The van der Waals surface area contributed by atoms with Crippen molar-refractivity contribution in [2.45, 2.75) is 59.1 Å². The first-order chi connectivity index (χ1) is 10.5. The van der Waals surface area contributed by atoms with Crippen LogP contribution in [-0.2, 0) is 16.0 Å². The molecule has 0 atom stereocenters. The summed E-state index contributed by atoms with van der Waals surface area (Å²) in [6.45, 7) is 11.3. The Balaban J connectivity index is 2.45. The van der Waals surface area contributed by atoms with Crippen LogP contribution in [0.2, 0.25) is 0 Å². The average Bonchev–Trinajstić information content (AvgIpc) is 2.37. The minimum atomic E-state index is -0.577. The molecule has 1 rings (SSSR count). The van der Waals surface area contributed by atoms with Crippen molar-refractivity contribution in [2.75, 3.05) is 6.54 Å². The fraction of sp³-hybridized carbons (Fsp3) is 0.588. The van der Waals surface area contributed by atoms with Gasteiger partial charge in [0.1, 0.15) is 5.60 Å². The number of amides is 2. The van der Waals surface area contributed by atoms with Crippen LogP contribution in [0.25, 0.3) is 0 Å². The Morgan fingerprint density at radius 2 is 1.83 bits per heavy atom. The Kier molecular flexibility index (Phi) is 6.12. The number of pyridine rings is 1. The quantitative estimate of drug-likeness (QED) is 0.872. The van der Waals surface area contributed by atoms with Crippen molar-refractivity contribution < 1.29 is 14.3 Å². The zero-order valence-corrected chi connectivity index (χ0v) is 14.8. The number of ether oxygens (including phenoxy) is 1. The summed E-state index contributed by atoms with van der Waals surface area (Å²) in [6, 6.07) is 3.76. The Morgan fingerprint density at radius 1 is 1.17 bits per heavy atom. The minimum Gasteiger partial charge on any atom is -0.444 e. The van der Waals surface area contributed by atoms with E-state index in [9.17, 15) is 9.59 Å². The van der Waals surface area contributed by atoms with E-state index >= 15 is 0 Å². The summed E-state index contributed by atoms with van der Waals surface area (Å²) < 4.78 is 5.17. The van der Waals surface area contributed by atoms with Crippen LogP contribution in [0.5, 0.6) is 0 Å². The Bertz CT molecular complexity index is 545. The summed E-state index contributed by atoms with van der Waals surface area (Å²) >= 11 is 0. The SMILES string of the molecule is Cc1ccc(CC(=O)NC(C)(C)CNC(=O)OC(C)(C)C)cn1. The molecule has 0 radical (unpaired) electrons. The average molecular weight is 321 g/mol. The molecule has 0 aromatic carbocycles. The maximum Gasteiger partial charge on any atom is 0.407 e. The van der Waals surface area contributed by atoms with E-state index < -0.39 is 17.2 Å². The van der Waals surface area contributed by atoms with Crippen LogP contribution in [0.4, 0.5) is 4.79 Å². The van der Waals surface area contributed by atoms with Gasteiger partial charge in [-0.1, -0.05) is 6.07 Å². The number of hydrogen-bond donors (Lipinski definition) is 2. The monoisotopic (exact) mass is 321 g/mol. The van der Waals surface area contributed by atoms with Gasteiger partial charge in [-0.05, 0) is 53.2 Å². The maximum absolute atomic E-state index is 12.1. The zero-order chi connectivity index (χ0) is 17.7. The van der Waals surface area contributed by atoms with E-state index in [1.807, 2.05) is 32.9 Å². The molecule has 23 heavy (non-hydrogen) atoms. The normalized spacial score (nSPS) is 11.7. The molecular weight excluding hydrogens is 294 g/mol. The second-order valence-electron chi connectivity index (χ2n) is 7.27. The van der Waals surface area contributed by atoms with Crippen molar-refractivity contribution in [1.29, 1.82) is 0 Å². The molecule has 0 bridgehead atoms. The topological polar surface area (TPSA) is 80.3 Å². The lowest BCUT2D eigenvalue weighted by atomic mass is 10.0. The number of carbonyl (C=O) groups is 2. The minimum absolute atomic E-state index is 0.119. The van der Waals surface area contributed by atoms with Crippen LogP contribution >= 0.6 is 0 Å². The van der Waals surface area contributed by atoms with Gasteiger partial charge in [0.15, 0.2) is 0 Å². The second-order valence-corrected chi connectivity index (χ2v) is 7.27. The highest BCUT2D eigenvalue weighted by atomic mass is 16.6. The van der Waals surface area contributed by atoms with Gasteiger partial charge in [-0.25, -0.2) is 4.79 Å². The second kappa shape index (κ2) is 7.44. The molecule has 0 fully saturated rings. The number of carbonyl (C=O) groups excluding carboxylic acids is 2. The summed E-state index contributed by atoms with van der Waals surface area (Å²) in [5, 5.41) is 5.57. The van der Waals surface area contributed by atoms with Crippen molar-refractivity contribution in [3.8, 4) is 0 Å². The third kappa shape index (κ3) is 8.18. The zero-order valence-electron chi connectivity index (χ0n) is 14.8. The number of hydrogen-bond acceptors (Lipinski definition) is 4. The van der Waals surface area contributed by atoms with Gasteiger partial charge in [-0.15, -0.1) is 0 Å². The molecule has 2 N–H and O–H groups in total. The standard InChI is InChI=1S/C17H27N3O3/c1-12-7-8-13(10-18-12)9-14(21)20-17(5,6)11-19-15(22)23-16(2,3)4/h7-8,10H,9,11H2,1-6H3,(H,19,22)(H,20,21). The highest BCUT2D eigenvalue weighted by Gasteiger charge is 2.23. The molecule has 2 amide bonds. The molecule has 128 valence electrons. The van der Waals surface area contributed by atoms with Gasteiger partial charge in [0.25, 0.3) is 0 Å². The van der Waals surface area contributed by atoms with Crippen LogP contribution in [-0.4, -0.2) is 34.7 Å². The Morgan fingerprint density at radius 3 is 2.35 bits per heavy atom. The smallest absolute Gasteiger partial charge is 0.407 e. The van der Waals surface area contributed by atoms with E-state index in [-0.39, 0.29) is 18.9 Å². The molecular formula is C17H27N3O3. The van der Waals surface area contributed by atoms with Crippen molar-refractivity contribution in [2.24, 2.45) is 0 Å². The summed E-state index contributed by atoms with van der Waals surface area (Å²) in [7, 11) is 0. The first kappa shape index (κ1) is 18.9. The molecule has 1 aromatic heterocycles. The fourth-order valence-corrected chi connectivity index (χ4v) is 1.86. The first-order valence-corrected chi connectivity index (χ1v) is 7.66. The van der Waals surface area contributed by atoms with Gasteiger partial charge in [0.2, 0.25) is 5.91 Å². The van der Waals surface area contributed by atoms with E-state index in [1.54, 1.807) is 27.0 Å². The maximum atomic E-state index is 12.1. The van der Waals surface area contributed by atoms with Crippen molar-refractivity contribution in [1.82, 2.24) is 15.6 Å². The number of nitrogens with one attached hydrogen (secondary N) is 2. The predicted octanol–water partition coefficient (Wildman–Crippen LogP) is 2.35. The van der Waals surface area contributed by atoms with E-state index in [4.69, 9.17) is 4.74 Å². The number of aromatic nitrogens is 1. The predicted molar refractivity (Wildman–Crippen MR) is 89.1 cm³/mol. The van der Waals surface area contributed by atoms with Gasteiger partial charge >= 0.3 is 6.09 Å². The molecule has 6 nitrogen and oxygen atoms in total. The van der Waals surface area contributed by atoms with Gasteiger partial charge in [-0.3, -0.25) is 9.78 Å². The Labute approximate surface area is 138 Å². The van der Waals surface area contributed by atoms with Crippen molar-refractivity contribution in [3.05, 3.63) is 29.6 Å². The molecule has 6 heteroatoms. The number of nitrogens with zero attached hydrogens (tertiary/aromatic N) is 1. The van der Waals surface area contributed by atoms with Crippen LogP contribution in [0.3, 0.4) is 0 Å². The number of alkyl carbamates (subject to hydrolysis) is 1. The molecule has 0 spiro atoms. The highest BCUT2D eigenvalue weighted by Crippen LogP contribution is 2.08. The molecule has 0 aliphatic heterocycles.